The monoisotopic (exact) mass is 432 g/mol. The first-order valence-electron chi connectivity index (χ1n) is 11.0. The van der Waals surface area contributed by atoms with Gasteiger partial charge in [-0.05, 0) is 31.4 Å². The molecular formula is C22H30F2N6O. The van der Waals surface area contributed by atoms with E-state index in [0.29, 0.717) is 5.92 Å². The van der Waals surface area contributed by atoms with Crippen LogP contribution in [0.3, 0.4) is 0 Å². The minimum absolute atomic E-state index is 0.398. The number of hydrogen-bond donors (Lipinski definition) is 1. The Morgan fingerprint density at radius 1 is 1.16 bits per heavy atom. The highest BCUT2D eigenvalue weighted by Crippen LogP contribution is 2.25. The Hall–Kier alpha value is -2.68. The maximum Gasteiger partial charge on any atom is 0.194 e. The molecule has 0 amide bonds. The molecule has 1 atom stereocenters. The number of nitrogens with zero attached hydrogens (tertiary/aromatic N) is 5. The predicted molar refractivity (Wildman–Crippen MR) is 116 cm³/mol. The third-order valence-electron chi connectivity index (χ3n) is 5.94. The first-order chi connectivity index (χ1) is 15.1. The van der Waals surface area contributed by atoms with Gasteiger partial charge in [0.1, 0.15) is 6.26 Å². The van der Waals surface area contributed by atoms with Crippen molar-refractivity contribution in [1.29, 1.82) is 0 Å². The van der Waals surface area contributed by atoms with Crippen molar-refractivity contribution in [3.63, 3.8) is 0 Å². The molecule has 2 saturated heterocycles. The van der Waals surface area contributed by atoms with Crippen molar-refractivity contribution in [3.05, 3.63) is 47.9 Å². The SMILES string of the molecule is CCNC(=NCC1CCN(c2ccc(F)c(F)c2)C1)N1CCN(Cc2ccon2)CC1. The van der Waals surface area contributed by atoms with Gasteiger partial charge in [-0.15, -0.1) is 0 Å². The quantitative estimate of drug-likeness (QED) is 0.559. The molecular weight excluding hydrogens is 402 g/mol. The van der Waals surface area contributed by atoms with Gasteiger partial charge in [-0.2, -0.15) is 0 Å². The third-order valence-corrected chi connectivity index (χ3v) is 5.94. The molecule has 168 valence electrons. The third kappa shape index (κ3) is 5.52. The Bertz CT molecular complexity index is 867. The maximum absolute atomic E-state index is 13.6. The molecule has 31 heavy (non-hydrogen) atoms. The van der Waals surface area contributed by atoms with Crippen LogP contribution in [-0.4, -0.2) is 73.3 Å². The topological polar surface area (TPSA) is 60.1 Å². The van der Waals surface area contributed by atoms with E-state index in [1.165, 1.54) is 12.1 Å². The molecule has 0 spiro atoms. The van der Waals surface area contributed by atoms with E-state index in [1.54, 1.807) is 12.3 Å². The molecule has 0 saturated carbocycles. The second-order valence-corrected chi connectivity index (χ2v) is 8.15. The van der Waals surface area contributed by atoms with E-state index >= 15 is 0 Å². The number of hydrogen-bond acceptors (Lipinski definition) is 5. The maximum atomic E-state index is 13.6. The van der Waals surface area contributed by atoms with Gasteiger partial charge < -0.3 is 19.6 Å². The highest BCUT2D eigenvalue weighted by molar-refractivity contribution is 5.80. The highest BCUT2D eigenvalue weighted by Gasteiger charge is 2.25. The van der Waals surface area contributed by atoms with Gasteiger partial charge >= 0.3 is 0 Å². The lowest BCUT2D eigenvalue weighted by molar-refractivity contribution is 0.169. The fourth-order valence-corrected chi connectivity index (χ4v) is 4.21. The number of aliphatic imine (C=N–C) groups is 1. The minimum atomic E-state index is -0.805. The highest BCUT2D eigenvalue weighted by atomic mass is 19.2. The van der Waals surface area contributed by atoms with Crippen molar-refractivity contribution in [2.24, 2.45) is 10.9 Å². The molecule has 0 aliphatic carbocycles. The van der Waals surface area contributed by atoms with Crippen molar-refractivity contribution < 1.29 is 13.3 Å². The number of halogens is 2. The predicted octanol–water partition coefficient (Wildman–Crippen LogP) is 2.56. The van der Waals surface area contributed by atoms with Crippen LogP contribution < -0.4 is 10.2 Å². The van der Waals surface area contributed by atoms with Crippen molar-refractivity contribution in [2.75, 3.05) is 57.3 Å². The van der Waals surface area contributed by atoms with E-state index < -0.39 is 11.6 Å². The van der Waals surface area contributed by atoms with Crippen molar-refractivity contribution in [1.82, 2.24) is 20.3 Å². The van der Waals surface area contributed by atoms with Crippen molar-refractivity contribution in [2.45, 2.75) is 19.9 Å². The summed E-state index contributed by atoms with van der Waals surface area (Å²) in [5.41, 5.74) is 1.70. The average molecular weight is 433 g/mol. The molecule has 0 bridgehead atoms. The fraction of sp³-hybridized carbons (Fsp3) is 0.545. The largest absolute Gasteiger partial charge is 0.371 e. The summed E-state index contributed by atoms with van der Waals surface area (Å²) in [7, 11) is 0. The van der Waals surface area contributed by atoms with E-state index in [1.807, 2.05) is 6.07 Å². The van der Waals surface area contributed by atoms with E-state index in [0.717, 1.165) is 82.7 Å². The Balaban J connectivity index is 1.29. The number of nitrogens with one attached hydrogen (secondary N) is 1. The second-order valence-electron chi connectivity index (χ2n) is 8.15. The summed E-state index contributed by atoms with van der Waals surface area (Å²) in [6, 6.07) is 6.03. The number of guanidine groups is 1. The lowest BCUT2D eigenvalue weighted by Crippen LogP contribution is -2.52. The van der Waals surface area contributed by atoms with E-state index in [4.69, 9.17) is 9.52 Å². The van der Waals surface area contributed by atoms with Gasteiger partial charge in [-0.1, -0.05) is 5.16 Å². The molecule has 4 rings (SSSR count). The first-order valence-corrected chi connectivity index (χ1v) is 11.0. The summed E-state index contributed by atoms with van der Waals surface area (Å²) in [6.07, 6.45) is 2.60. The number of benzene rings is 1. The summed E-state index contributed by atoms with van der Waals surface area (Å²) in [6.45, 7) is 9.80. The Labute approximate surface area is 181 Å². The number of rotatable bonds is 6. The molecule has 1 aromatic heterocycles. The van der Waals surface area contributed by atoms with Gasteiger partial charge in [0.25, 0.3) is 0 Å². The Kier molecular flexibility index (Phi) is 7.01. The molecule has 7 nitrogen and oxygen atoms in total. The molecule has 2 aliphatic heterocycles. The van der Waals surface area contributed by atoms with Gasteiger partial charge in [0.05, 0.1) is 5.69 Å². The van der Waals surface area contributed by atoms with Gasteiger partial charge in [0, 0.05) is 76.7 Å². The van der Waals surface area contributed by atoms with Gasteiger partial charge in [-0.25, -0.2) is 8.78 Å². The molecule has 3 heterocycles. The van der Waals surface area contributed by atoms with Crippen LogP contribution in [0, 0.1) is 17.6 Å². The van der Waals surface area contributed by atoms with Crippen LogP contribution in [0.25, 0.3) is 0 Å². The van der Waals surface area contributed by atoms with Crippen LogP contribution in [0.15, 0.2) is 40.0 Å². The standard InChI is InChI=1S/C22H30F2N6O/c1-2-25-22(29-10-8-28(9-11-29)16-18-6-12-31-27-18)26-14-17-5-7-30(15-17)19-3-4-20(23)21(24)13-19/h3-4,6,12-13,17H,2,5,7-11,14-16H2,1H3,(H,25,26). The smallest absolute Gasteiger partial charge is 0.194 e. The molecule has 2 fully saturated rings. The van der Waals surface area contributed by atoms with Crippen LogP contribution in [0.2, 0.25) is 0 Å². The number of aromatic nitrogens is 1. The molecule has 1 unspecified atom stereocenters. The Morgan fingerprint density at radius 2 is 2.00 bits per heavy atom. The molecule has 2 aromatic rings. The van der Waals surface area contributed by atoms with Crippen LogP contribution in [0.1, 0.15) is 19.0 Å². The zero-order chi connectivity index (χ0) is 21.6. The van der Waals surface area contributed by atoms with Crippen LogP contribution >= 0.6 is 0 Å². The van der Waals surface area contributed by atoms with E-state index in [2.05, 4.69) is 32.1 Å². The van der Waals surface area contributed by atoms with Gasteiger partial charge in [0.2, 0.25) is 0 Å². The number of piperazine rings is 1. The lowest BCUT2D eigenvalue weighted by atomic mass is 10.1. The van der Waals surface area contributed by atoms with Crippen molar-refractivity contribution >= 4 is 11.6 Å². The zero-order valence-electron chi connectivity index (χ0n) is 17.9. The molecule has 0 radical (unpaired) electrons. The fourth-order valence-electron chi connectivity index (χ4n) is 4.21. The van der Waals surface area contributed by atoms with Crippen LogP contribution in [-0.2, 0) is 6.54 Å². The summed E-state index contributed by atoms with van der Waals surface area (Å²) < 4.78 is 31.7. The molecule has 1 N–H and O–H groups in total. The average Bonchev–Trinajstić information content (AvgIpc) is 3.46. The molecule has 1 aromatic carbocycles. The van der Waals surface area contributed by atoms with Crippen LogP contribution in [0.4, 0.5) is 14.5 Å². The van der Waals surface area contributed by atoms with E-state index in [-0.39, 0.29) is 0 Å². The van der Waals surface area contributed by atoms with E-state index in [9.17, 15) is 8.78 Å². The second kappa shape index (κ2) is 10.1. The van der Waals surface area contributed by atoms with Crippen molar-refractivity contribution in [3.8, 4) is 0 Å². The Morgan fingerprint density at radius 3 is 2.71 bits per heavy atom. The summed E-state index contributed by atoms with van der Waals surface area (Å²) >= 11 is 0. The summed E-state index contributed by atoms with van der Waals surface area (Å²) in [5, 5.41) is 7.41. The minimum Gasteiger partial charge on any atom is -0.371 e. The van der Waals surface area contributed by atoms with Gasteiger partial charge in [-0.3, -0.25) is 9.89 Å². The lowest BCUT2D eigenvalue weighted by Gasteiger charge is -2.36. The summed E-state index contributed by atoms with van der Waals surface area (Å²) in [5.74, 6) is -0.248. The molecule has 2 aliphatic rings. The number of anilines is 1. The first kappa shape index (κ1) is 21.5. The van der Waals surface area contributed by atoms with Gasteiger partial charge in [0.15, 0.2) is 17.6 Å². The molecule has 9 heteroatoms. The van der Waals surface area contributed by atoms with Crippen LogP contribution in [0.5, 0.6) is 0 Å². The normalized spacial score (nSPS) is 20.5. The summed E-state index contributed by atoms with van der Waals surface area (Å²) in [4.78, 5) is 11.7. The zero-order valence-corrected chi connectivity index (χ0v) is 17.9.